The fourth-order valence-corrected chi connectivity index (χ4v) is 4.32. The van der Waals surface area contributed by atoms with Crippen LogP contribution in [0.2, 0.25) is 0 Å². The number of para-hydroxylation sites is 2. The molecule has 176 valence electrons. The number of aromatic amines is 1. The van der Waals surface area contributed by atoms with E-state index in [2.05, 4.69) is 10.3 Å². The molecule has 0 aliphatic carbocycles. The molecule has 35 heavy (non-hydrogen) atoms. The second-order valence-electron chi connectivity index (χ2n) is 8.46. The van der Waals surface area contributed by atoms with Crippen LogP contribution >= 0.6 is 0 Å². The first-order valence-electron chi connectivity index (χ1n) is 11.4. The predicted octanol–water partition coefficient (Wildman–Crippen LogP) is 4.82. The van der Waals surface area contributed by atoms with Crippen LogP contribution in [-0.2, 0) is 11.2 Å². The Hall–Kier alpha value is -4.39. The van der Waals surface area contributed by atoms with Crippen molar-refractivity contribution in [3.8, 4) is 5.75 Å². The Kier molecular flexibility index (Phi) is 6.06. The van der Waals surface area contributed by atoms with Crippen molar-refractivity contribution < 1.29 is 13.9 Å². The average Bonchev–Trinajstić information content (AvgIpc) is 3.30. The van der Waals surface area contributed by atoms with E-state index in [1.807, 2.05) is 67.6 Å². The lowest BCUT2D eigenvalue weighted by Gasteiger charge is -2.18. The molecule has 2 aromatic heterocycles. The largest absolute Gasteiger partial charge is 0.496 e. The van der Waals surface area contributed by atoms with E-state index in [-0.39, 0.29) is 12.3 Å². The van der Waals surface area contributed by atoms with Gasteiger partial charge in [0.05, 0.1) is 18.1 Å². The van der Waals surface area contributed by atoms with Crippen molar-refractivity contribution in [3.63, 3.8) is 0 Å². The van der Waals surface area contributed by atoms with Gasteiger partial charge >= 0.3 is 5.63 Å². The van der Waals surface area contributed by atoms with Crippen LogP contribution in [0.3, 0.4) is 0 Å². The van der Waals surface area contributed by atoms with Gasteiger partial charge < -0.3 is 19.5 Å². The minimum absolute atomic E-state index is 0.113. The Balaban J connectivity index is 1.39. The molecule has 2 heterocycles. The lowest BCUT2D eigenvalue weighted by molar-refractivity contribution is -0.121. The van der Waals surface area contributed by atoms with Crippen LogP contribution < -0.4 is 15.7 Å². The highest BCUT2D eigenvalue weighted by atomic mass is 16.5. The number of ether oxygens (including phenoxy) is 1. The summed E-state index contributed by atoms with van der Waals surface area (Å²) in [5.74, 6) is 1.15. The molecule has 0 saturated heterocycles. The smallest absolute Gasteiger partial charge is 0.336 e. The van der Waals surface area contributed by atoms with Gasteiger partial charge in [0, 0.05) is 23.9 Å². The number of carbonyl (C=O) groups excluding carboxylic acids is 1. The standard InChI is InChI=1S/C28H25N3O4/c1-17-14-26(33)35-24-16-23(34-2)19(15-20(17)24)12-13-25(32)31-27(18-8-4-3-5-9-18)28-29-21-10-6-7-11-22(21)30-28/h3-11,14-16,27H,12-13H2,1-2H3,(H,29,30)(H,31,32). The van der Waals surface area contributed by atoms with Crippen molar-refractivity contribution in [2.24, 2.45) is 0 Å². The monoisotopic (exact) mass is 467 g/mol. The summed E-state index contributed by atoms with van der Waals surface area (Å²) in [5, 5.41) is 3.97. The van der Waals surface area contributed by atoms with Crippen molar-refractivity contribution in [1.82, 2.24) is 15.3 Å². The van der Waals surface area contributed by atoms with E-state index in [4.69, 9.17) is 14.1 Å². The third-order valence-electron chi connectivity index (χ3n) is 6.09. The van der Waals surface area contributed by atoms with Crippen molar-refractivity contribution >= 4 is 27.9 Å². The normalized spacial score (nSPS) is 12.1. The number of amides is 1. The lowest BCUT2D eigenvalue weighted by atomic mass is 10.0. The summed E-state index contributed by atoms with van der Waals surface area (Å²) in [6.07, 6.45) is 0.715. The molecule has 1 unspecified atom stereocenters. The first-order chi connectivity index (χ1) is 17.0. The van der Waals surface area contributed by atoms with E-state index < -0.39 is 11.7 Å². The Bertz CT molecular complexity index is 1540. The fraction of sp³-hybridized carbons (Fsp3) is 0.179. The molecule has 0 fully saturated rings. The van der Waals surface area contributed by atoms with E-state index in [9.17, 15) is 9.59 Å². The third kappa shape index (κ3) is 4.66. The average molecular weight is 468 g/mol. The van der Waals surface area contributed by atoms with Crippen molar-refractivity contribution in [2.75, 3.05) is 7.11 Å². The van der Waals surface area contributed by atoms with Crippen LogP contribution in [0.25, 0.3) is 22.0 Å². The second kappa shape index (κ2) is 9.46. The summed E-state index contributed by atoms with van der Waals surface area (Å²) < 4.78 is 10.8. The van der Waals surface area contributed by atoms with E-state index in [0.29, 0.717) is 23.6 Å². The molecule has 0 spiro atoms. The number of nitrogens with zero attached hydrogens (tertiary/aromatic N) is 1. The zero-order chi connectivity index (χ0) is 24.4. The van der Waals surface area contributed by atoms with Gasteiger partial charge in [-0.1, -0.05) is 42.5 Å². The maximum Gasteiger partial charge on any atom is 0.336 e. The number of rotatable bonds is 7. The molecular formula is C28H25N3O4. The van der Waals surface area contributed by atoms with Gasteiger partial charge in [0.25, 0.3) is 0 Å². The number of methoxy groups -OCH3 is 1. The summed E-state index contributed by atoms with van der Waals surface area (Å²) >= 11 is 0. The molecule has 0 radical (unpaired) electrons. The van der Waals surface area contributed by atoms with Crippen molar-refractivity contribution in [2.45, 2.75) is 25.8 Å². The van der Waals surface area contributed by atoms with E-state index in [1.54, 1.807) is 13.2 Å². The number of carbonyl (C=O) groups is 1. The molecule has 0 aliphatic heterocycles. The van der Waals surface area contributed by atoms with Crippen LogP contribution in [0.4, 0.5) is 0 Å². The van der Waals surface area contributed by atoms with Gasteiger partial charge in [-0.25, -0.2) is 9.78 Å². The number of aryl methyl sites for hydroxylation is 2. The summed E-state index contributed by atoms with van der Waals surface area (Å²) in [4.78, 5) is 32.9. The number of nitrogens with one attached hydrogen (secondary N) is 2. The maximum atomic E-state index is 13.1. The minimum atomic E-state index is -0.411. The Morgan fingerprint density at radius 2 is 1.86 bits per heavy atom. The molecule has 1 atom stereocenters. The van der Waals surface area contributed by atoms with Gasteiger partial charge in [0.2, 0.25) is 5.91 Å². The number of fused-ring (bicyclic) bond motifs is 2. The zero-order valence-corrected chi connectivity index (χ0v) is 19.5. The molecule has 7 nitrogen and oxygen atoms in total. The number of aromatic nitrogens is 2. The van der Waals surface area contributed by atoms with Gasteiger partial charge in [-0.05, 0) is 48.2 Å². The third-order valence-corrected chi connectivity index (χ3v) is 6.09. The fourth-order valence-electron chi connectivity index (χ4n) is 4.32. The summed E-state index contributed by atoms with van der Waals surface area (Å²) in [5.41, 5.74) is 4.46. The zero-order valence-electron chi connectivity index (χ0n) is 19.5. The molecular weight excluding hydrogens is 442 g/mol. The summed E-state index contributed by atoms with van der Waals surface area (Å²) in [6.45, 7) is 1.86. The van der Waals surface area contributed by atoms with Crippen LogP contribution in [0.5, 0.6) is 5.75 Å². The van der Waals surface area contributed by atoms with Crippen LogP contribution in [0.1, 0.15) is 35.0 Å². The predicted molar refractivity (Wildman–Crippen MR) is 135 cm³/mol. The first-order valence-corrected chi connectivity index (χ1v) is 11.4. The van der Waals surface area contributed by atoms with E-state index in [1.165, 1.54) is 6.07 Å². The quantitative estimate of drug-likeness (QED) is 0.334. The Morgan fingerprint density at radius 3 is 2.63 bits per heavy atom. The van der Waals surface area contributed by atoms with Gasteiger partial charge in [-0.15, -0.1) is 0 Å². The molecule has 1 amide bonds. The topological polar surface area (TPSA) is 97.2 Å². The molecule has 7 heteroatoms. The molecule has 5 rings (SSSR count). The summed E-state index contributed by atoms with van der Waals surface area (Å²) in [6, 6.07) is 22.2. The highest BCUT2D eigenvalue weighted by Crippen LogP contribution is 2.28. The molecule has 5 aromatic rings. The van der Waals surface area contributed by atoms with E-state index >= 15 is 0 Å². The van der Waals surface area contributed by atoms with Gasteiger partial charge in [-0.3, -0.25) is 4.79 Å². The number of benzene rings is 3. The Labute approximate surface area is 201 Å². The molecule has 2 N–H and O–H groups in total. The van der Waals surface area contributed by atoms with Crippen molar-refractivity contribution in [3.05, 3.63) is 106 Å². The van der Waals surface area contributed by atoms with Crippen LogP contribution in [0.15, 0.2) is 82.0 Å². The molecule has 0 aliphatic rings. The minimum Gasteiger partial charge on any atom is -0.496 e. The molecule has 3 aromatic carbocycles. The first kappa shape index (κ1) is 22.4. The maximum absolute atomic E-state index is 13.1. The number of imidazole rings is 1. The van der Waals surface area contributed by atoms with Gasteiger partial charge in [0.1, 0.15) is 23.2 Å². The highest BCUT2D eigenvalue weighted by Gasteiger charge is 2.21. The van der Waals surface area contributed by atoms with E-state index in [0.717, 1.165) is 33.1 Å². The Morgan fingerprint density at radius 1 is 1.09 bits per heavy atom. The second-order valence-corrected chi connectivity index (χ2v) is 8.46. The summed E-state index contributed by atoms with van der Waals surface area (Å²) in [7, 11) is 1.56. The van der Waals surface area contributed by atoms with Crippen molar-refractivity contribution in [1.29, 1.82) is 0 Å². The number of hydrogen-bond donors (Lipinski definition) is 2. The molecule has 0 saturated carbocycles. The van der Waals surface area contributed by atoms with Crippen LogP contribution in [-0.4, -0.2) is 23.0 Å². The van der Waals surface area contributed by atoms with Gasteiger partial charge in [-0.2, -0.15) is 0 Å². The SMILES string of the molecule is COc1cc2oc(=O)cc(C)c2cc1CCC(=O)NC(c1ccccc1)c1nc2ccccc2[nH]1. The highest BCUT2D eigenvalue weighted by molar-refractivity contribution is 5.83. The molecule has 0 bridgehead atoms. The number of hydrogen-bond acceptors (Lipinski definition) is 5. The van der Waals surface area contributed by atoms with Crippen LogP contribution in [0, 0.1) is 6.92 Å². The number of H-pyrrole nitrogens is 1. The van der Waals surface area contributed by atoms with Gasteiger partial charge in [0.15, 0.2) is 0 Å². The lowest BCUT2D eigenvalue weighted by Crippen LogP contribution is -2.30.